The lowest BCUT2D eigenvalue weighted by Crippen LogP contribution is -2.40. The van der Waals surface area contributed by atoms with Crippen LogP contribution in [0.5, 0.6) is 0 Å². The second-order valence-electron chi connectivity index (χ2n) is 4.94. The van der Waals surface area contributed by atoms with Crippen molar-refractivity contribution in [2.45, 2.75) is 44.9 Å². The highest BCUT2D eigenvalue weighted by molar-refractivity contribution is 4.71. The van der Waals surface area contributed by atoms with Crippen LogP contribution in [-0.4, -0.2) is 62.9 Å². The smallest absolute Gasteiger partial charge is 0.0897 e. The molecule has 18 heavy (non-hydrogen) atoms. The lowest BCUT2D eigenvalue weighted by Gasteiger charge is -2.24. The molecule has 0 aliphatic carbocycles. The quantitative estimate of drug-likeness (QED) is 0.594. The molecule has 0 radical (unpaired) electrons. The van der Waals surface area contributed by atoms with Gasteiger partial charge in [0.1, 0.15) is 0 Å². The first kappa shape index (κ1) is 15.9. The number of hydrogen-bond donors (Lipinski definition) is 2. The van der Waals surface area contributed by atoms with Gasteiger partial charge in [0.25, 0.3) is 0 Å². The minimum absolute atomic E-state index is 0.230. The average Bonchev–Trinajstić information content (AvgIpc) is 2.37. The monoisotopic (exact) mass is 261 g/mol. The summed E-state index contributed by atoms with van der Waals surface area (Å²) in [6, 6.07) is 0.470. The molecule has 1 unspecified atom stereocenters. The Kier molecular flexibility index (Phi) is 8.54. The molecule has 1 heterocycles. The van der Waals surface area contributed by atoms with Crippen LogP contribution in [0.25, 0.3) is 0 Å². The first-order valence-corrected chi connectivity index (χ1v) is 6.87. The highest BCUT2D eigenvalue weighted by Crippen LogP contribution is 2.05. The van der Waals surface area contributed by atoms with Crippen LogP contribution < -0.4 is 5.32 Å². The summed E-state index contributed by atoms with van der Waals surface area (Å²) in [7, 11) is 0. The molecule has 1 saturated heterocycles. The zero-order chi connectivity index (χ0) is 13.2. The van der Waals surface area contributed by atoms with Gasteiger partial charge in [-0.2, -0.15) is 0 Å². The summed E-state index contributed by atoms with van der Waals surface area (Å²) in [5.74, 6) is 0. The summed E-state index contributed by atoms with van der Waals surface area (Å²) in [4.78, 5) is 0. The van der Waals surface area contributed by atoms with E-state index in [4.69, 9.17) is 14.2 Å². The summed E-state index contributed by atoms with van der Waals surface area (Å²) in [6.07, 6.45) is 1.83. The topological polar surface area (TPSA) is 60.0 Å². The standard InChI is InChI=1S/C13H27NO4/c1-11(2)18-8-7-17-10-13(15)9-14-12-3-5-16-6-4-12/h11-15H,3-10H2,1-2H3. The van der Waals surface area contributed by atoms with Crippen molar-refractivity contribution < 1.29 is 19.3 Å². The van der Waals surface area contributed by atoms with Crippen LogP contribution in [0.1, 0.15) is 26.7 Å². The van der Waals surface area contributed by atoms with Crippen molar-refractivity contribution in [3.63, 3.8) is 0 Å². The van der Waals surface area contributed by atoms with E-state index in [0.29, 0.717) is 32.4 Å². The molecular formula is C13H27NO4. The number of hydrogen-bond acceptors (Lipinski definition) is 5. The van der Waals surface area contributed by atoms with Gasteiger partial charge in [-0.3, -0.25) is 0 Å². The Morgan fingerprint density at radius 2 is 2.00 bits per heavy atom. The van der Waals surface area contributed by atoms with E-state index in [1.54, 1.807) is 0 Å². The number of ether oxygens (including phenoxy) is 3. The van der Waals surface area contributed by atoms with Gasteiger partial charge >= 0.3 is 0 Å². The van der Waals surface area contributed by atoms with Crippen molar-refractivity contribution in [2.75, 3.05) is 39.6 Å². The van der Waals surface area contributed by atoms with E-state index in [2.05, 4.69) is 5.32 Å². The number of rotatable bonds is 9. The average molecular weight is 261 g/mol. The van der Waals surface area contributed by atoms with Crippen LogP contribution in [0.15, 0.2) is 0 Å². The maximum absolute atomic E-state index is 9.73. The molecule has 1 aliphatic heterocycles. The molecule has 0 aromatic carbocycles. The summed E-state index contributed by atoms with van der Waals surface area (Å²) >= 11 is 0. The Labute approximate surface area is 110 Å². The van der Waals surface area contributed by atoms with Crippen molar-refractivity contribution in [3.8, 4) is 0 Å². The van der Waals surface area contributed by atoms with Crippen molar-refractivity contribution in [3.05, 3.63) is 0 Å². The molecule has 0 bridgehead atoms. The number of nitrogens with one attached hydrogen (secondary N) is 1. The van der Waals surface area contributed by atoms with Gasteiger partial charge in [-0.05, 0) is 26.7 Å². The van der Waals surface area contributed by atoms with Gasteiger partial charge in [0.05, 0.1) is 32.0 Å². The van der Waals surface area contributed by atoms with Crippen LogP contribution in [0.2, 0.25) is 0 Å². The van der Waals surface area contributed by atoms with Crippen molar-refractivity contribution in [2.24, 2.45) is 0 Å². The molecule has 0 aromatic heterocycles. The molecule has 1 aliphatic rings. The molecule has 5 heteroatoms. The third kappa shape index (κ3) is 8.00. The fraction of sp³-hybridized carbons (Fsp3) is 1.00. The van der Waals surface area contributed by atoms with Crippen LogP contribution in [0.4, 0.5) is 0 Å². The molecule has 108 valence electrons. The molecule has 0 saturated carbocycles. The second kappa shape index (κ2) is 9.69. The van der Waals surface area contributed by atoms with Gasteiger partial charge in [-0.25, -0.2) is 0 Å². The summed E-state index contributed by atoms with van der Waals surface area (Å²) in [5.41, 5.74) is 0. The van der Waals surface area contributed by atoms with Crippen molar-refractivity contribution >= 4 is 0 Å². The predicted molar refractivity (Wildman–Crippen MR) is 69.8 cm³/mol. The van der Waals surface area contributed by atoms with E-state index in [0.717, 1.165) is 26.1 Å². The second-order valence-corrected chi connectivity index (χ2v) is 4.94. The van der Waals surface area contributed by atoms with E-state index in [1.807, 2.05) is 13.8 Å². The van der Waals surface area contributed by atoms with E-state index in [9.17, 15) is 5.11 Å². The van der Waals surface area contributed by atoms with Gasteiger partial charge in [0.15, 0.2) is 0 Å². The highest BCUT2D eigenvalue weighted by Gasteiger charge is 2.14. The van der Waals surface area contributed by atoms with E-state index in [-0.39, 0.29) is 6.10 Å². The van der Waals surface area contributed by atoms with Crippen LogP contribution in [-0.2, 0) is 14.2 Å². The van der Waals surface area contributed by atoms with Gasteiger partial charge < -0.3 is 24.6 Å². The van der Waals surface area contributed by atoms with E-state index >= 15 is 0 Å². The Morgan fingerprint density at radius 1 is 1.28 bits per heavy atom. The molecule has 0 aromatic rings. The first-order valence-electron chi connectivity index (χ1n) is 6.87. The Bertz CT molecular complexity index is 195. The zero-order valence-corrected chi connectivity index (χ0v) is 11.6. The Balaban J connectivity index is 1.91. The maximum atomic E-state index is 9.73. The molecule has 1 atom stereocenters. The normalized spacial score (nSPS) is 19.3. The highest BCUT2D eigenvalue weighted by atomic mass is 16.5. The fourth-order valence-electron chi connectivity index (χ4n) is 1.83. The van der Waals surface area contributed by atoms with Gasteiger partial charge in [-0.15, -0.1) is 0 Å². The van der Waals surface area contributed by atoms with Crippen molar-refractivity contribution in [1.82, 2.24) is 5.32 Å². The van der Waals surface area contributed by atoms with Crippen LogP contribution in [0, 0.1) is 0 Å². The van der Waals surface area contributed by atoms with Gasteiger partial charge in [0.2, 0.25) is 0 Å². The van der Waals surface area contributed by atoms with Gasteiger partial charge in [0, 0.05) is 25.8 Å². The molecule has 1 rings (SSSR count). The lowest BCUT2D eigenvalue weighted by atomic mass is 10.1. The number of aliphatic hydroxyl groups is 1. The summed E-state index contributed by atoms with van der Waals surface area (Å²) < 4.78 is 16.0. The third-order valence-electron chi connectivity index (χ3n) is 2.85. The zero-order valence-electron chi connectivity index (χ0n) is 11.6. The van der Waals surface area contributed by atoms with Crippen molar-refractivity contribution in [1.29, 1.82) is 0 Å². The van der Waals surface area contributed by atoms with E-state index < -0.39 is 6.10 Å². The van der Waals surface area contributed by atoms with Crippen LogP contribution in [0.3, 0.4) is 0 Å². The third-order valence-corrected chi connectivity index (χ3v) is 2.85. The summed E-state index contributed by atoms with van der Waals surface area (Å²) in [6.45, 7) is 7.67. The largest absolute Gasteiger partial charge is 0.389 e. The Morgan fingerprint density at radius 3 is 2.67 bits per heavy atom. The molecule has 0 amide bonds. The minimum atomic E-state index is -0.452. The number of aliphatic hydroxyl groups excluding tert-OH is 1. The summed E-state index contributed by atoms with van der Waals surface area (Å²) in [5, 5.41) is 13.1. The lowest BCUT2D eigenvalue weighted by molar-refractivity contribution is -0.0117. The van der Waals surface area contributed by atoms with Crippen LogP contribution >= 0.6 is 0 Å². The molecular weight excluding hydrogens is 234 g/mol. The Hall–Kier alpha value is -0.200. The van der Waals surface area contributed by atoms with E-state index in [1.165, 1.54) is 0 Å². The SMILES string of the molecule is CC(C)OCCOCC(O)CNC1CCOCC1. The predicted octanol–water partition coefficient (Wildman–Crippen LogP) is 0.558. The molecule has 0 spiro atoms. The van der Waals surface area contributed by atoms with Gasteiger partial charge in [-0.1, -0.05) is 0 Å². The minimum Gasteiger partial charge on any atom is -0.389 e. The molecule has 5 nitrogen and oxygen atoms in total. The maximum Gasteiger partial charge on any atom is 0.0897 e. The fourth-order valence-corrected chi connectivity index (χ4v) is 1.83. The molecule has 2 N–H and O–H groups in total. The first-order chi connectivity index (χ1) is 8.68. The molecule has 1 fully saturated rings.